The Kier molecular flexibility index (Phi) is 5.58. The molecule has 0 unspecified atom stereocenters. The monoisotopic (exact) mass is 405 g/mol. The molecule has 2 aromatic heterocycles. The van der Waals surface area contributed by atoms with Crippen molar-refractivity contribution in [2.75, 3.05) is 5.32 Å². The Hall–Kier alpha value is -2.31. The van der Waals surface area contributed by atoms with Gasteiger partial charge in [0.05, 0.1) is 17.9 Å². The average Bonchev–Trinajstić information content (AvgIpc) is 2.85. The molecule has 0 saturated carbocycles. The summed E-state index contributed by atoms with van der Waals surface area (Å²) in [5.74, 6) is 0.319. The number of benzene rings is 1. The minimum Gasteiger partial charge on any atom is -0.332 e. The predicted molar refractivity (Wildman–Crippen MR) is 110 cm³/mol. The number of carbonyl (C=O) groups is 1. The van der Waals surface area contributed by atoms with Gasteiger partial charge in [-0.15, -0.1) is 0 Å². The van der Waals surface area contributed by atoms with Gasteiger partial charge in [-0.2, -0.15) is 5.10 Å². The Balaban J connectivity index is 1.78. The molecule has 0 aliphatic rings. The molecule has 0 fully saturated rings. The minimum absolute atomic E-state index is 0.292. The maximum Gasteiger partial charge on any atom is 0.319 e. The van der Waals surface area contributed by atoms with Crippen molar-refractivity contribution in [1.29, 1.82) is 0 Å². The van der Waals surface area contributed by atoms with Crippen LogP contribution in [0.15, 0.2) is 24.3 Å². The number of aryl methyl sites for hydroxylation is 2. The SMILES string of the molecule is Cc1nn(C)c2nc(CNC(=O)Nc3cc(Cl)cc(Cl)c3)cc(C(C)C)c12. The summed E-state index contributed by atoms with van der Waals surface area (Å²) in [5.41, 5.74) is 4.24. The quantitative estimate of drug-likeness (QED) is 0.639. The number of nitrogens with one attached hydrogen (secondary N) is 2. The van der Waals surface area contributed by atoms with E-state index < -0.39 is 0 Å². The van der Waals surface area contributed by atoms with Crippen molar-refractivity contribution in [2.45, 2.75) is 33.2 Å². The molecular formula is C19H21Cl2N5O. The van der Waals surface area contributed by atoms with E-state index in [1.807, 2.05) is 20.0 Å². The van der Waals surface area contributed by atoms with E-state index in [4.69, 9.17) is 23.2 Å². The number of halogens is 2. The van der Waals surface area contributed by atoms with E-state index in [0.717, 1.165) is 22.4 Å². The molecule has 0 aliphatic heterocycles. The van der Waals surface area contributed by atoms with Gasteiger partial charge in [0.2, 0.25) is 0 Å². The summed E-state index contributed by atoms with van der Waals surface area (Å²) in [6.45, 7) is 6.54. The molecule has 2 heterocycles. The van der Waals surface area contributed by atoms with Crippen LogP contribution in [-0.2, 0) is 13.6 Å². The van der Waals surface area contributed by atoms with Gasteiger partial charge in [-0.1, -0.05) is 37.0 Å². The van der Waals surface area contributed by atoms with Crippen molar-refractivity contribution in [3.05, 3.63) is 51.3 Å². The number of urea groups is 1. The van der Waals surface area contributed by atoms with Crippen molar-refractivity contribution < 1.29 is 4.79 Å². The largest absolute Gasteiger partial charge is 0.332 e. The maximum atomic E-state index is 12.2. The smallest absolute Gasteiger partial charge is 0.319 e. The first kappa shape index (κ1) is 19.5. The summed E-state index contributed by atoms with van der Waals surface area (Å²) in [7, 11) is 1.87. The summed E-state index contributed by atoms with van der Waals surface area (Å²) in [6.07, 6.45) is 0. The second-order valence-corrected chi connectivity index (χ2v) is 7.60. The minimum atomic E-state index is -0.359. The van der Waals surface area contributed by atoms with E-state index in [-0.39, 0.29) is 6.03 Å². The van der Waals surface area contributed by atoms with Crippen LogP contribution >= 0.6 is 23.2 Å². The van der Waals surface area contributed by atoms with Crippen molar-refractivity contribution in [3.63, 3.8) is 0 Å². The van der Waals surface area contributed by atoms with Gasteiger partial charge in [-0.05, 0) is 42.7 Å². The molecule has 0 radical (unpaired) electrons. The van der Waals surface area contributed by atoms with Gasteiger partial charge in [-0.25, -0.2) is 9.78 Å². The van der Waals surface area contributed by atoms with Crippen LogP contribution < -0.4 is 10.6 Å². The van der Waals surface area contributed by atoms with Gasteiger partial charge in [0.25, 0.3) is 0 Å². The van der Waals surface area contributed by atoms with E-state index in [1.165, 1.54) is 5.56 Å². The van der Waals surface area contributed by atoms with Gasteiger partial charge in [0.1, 0.15) is 0 Å². The number of amides is 2. The fourth-order valence-electron chi connectivity index (χ4n) is 3.05. The van der Waals surface area contributed by atoms with E-state index in [1.54, 1.807) is 22.9 Å². The van der Waals surface area contributed by atoms with Crippen LogP contribution in [0.1, 0.15) is 36.7 Å². The Bertz CT molecular complexity index is 993. The highest BCUT2D eigenvalue weighted by Crippen LogP contribution is 2.27. The van der Waals surface area contributed by atoms with Crippen LogP contribution in [0.2, 0.25) is 10.0 Å². The Morgan fingerprint density at radius 1 is 1.19 bits per heavy atom. The Morgan fingerprint density at radius 2 is 1.85 bits per heavy atom. The second kappa shape index (κ2) is 7.74. The first-order valence-corrected chi connectivity index (χ1v) is 9.34. The number of hydrogen-bond donors (Lipinski definition) is 2. The summed E-state index contributed by atoms with van der Waals surface area (Å²) in [5, 5.41) is 12.0. The van der Waals surface area contributed by atoms with Crippen LogP contribution in [0.4, 0.5) is 10.5 Å². The van der Waals surface area contributed by atoms with Gasteiger partial charge < -0.3 is 10.6 Å². The molecule has 3 rings (SSSR count). The molecule has 0 atom stereocenters. The first-order chi connectivity index (χ1) is 12.7. The van der Waals surface area contributed by atoms with E-state index >= 15 is 0 Å². The van der Waals surface area contributed by atoms with Gasteiger partial charge in [0, 0.05) is 28.2 Å². The molecule has 0 saturated heterocycles. The lowest BCUT2D eigenvalue weighted by molar-refractivity contribution is 0.251. The fourth-order valence-corrected chi connectivity index (χ4v) is 3.58. The molecule has 27 heavy (non-hydrogen) atoms. The molecule has 8 heteroatoms. The highest BCUT2D eigenvalue weighted by atomic mass is 35.5. The lowest BCUT2D eigenvalue weighted by Gasteiger charge is -2.12. The van der Waals surface area contributed by atoms with E-state index in [9.17, 15) is 4.79 Å². The molecule has 2 amide bonds. The number of nitrogens with zero attached hydrogens (tertiary/aromatic N) is 3. The molecule has 0 bridgehead atoms. The Morgan fingerprint density at radius 3 is 2.48 bits per heavy atom. The third-order valence-electron chi connectivity index (χ3n) is 4.22. The summed E-state index contributed by atoms with van der Waals surface area (Å²) in [4.78, 5) is 16.9. The molecular weight excluding hydrogens is 385 g/mol. The first-order valence-electron chi connectivity index (χ1n) is 8.58. The van der Waals surface area contributed by atoms with Crippen LogP contribution in [0.3, 0.4) is 0 Å². The predicted octanol–water partition coefficient (Wildman–Crippen LogP) is 5.03. The lowest BCUT2D eigenvalue weighted by atomic mass is 9.99. The van der Waals surface area contributed by atoms with Crippen LogP contribution in [0, 0.1) is 6.92 Å². The number of carbonyl (C=O) groups excluding carboxylic acids is 1. The number of fused-ring (bicyclic) bond motifs is 1. The van der Waals surface area contributed by atoms with Crippen molar-refractivity contribution in [3.8, 4) is 0 Å². The van der Waals surface area contributed by atoms with E-state index in [0.29, 0.717) is 28.2 Å². The summed E-state index contributed by atoms with van der Waals surface area (Å²) >= 11 is 11.9. The van der Waals surface area contributed by atoms with Gasteiger partial charge in [0.15, 0.2) is 5.65 Å². The highest BCUT2D eigenvalue weighted by Gasteiger charge is 2.16. The third kappa shape index (κ3) is 4.34. The zero-order valence-electron chi connectivity index (χ0n) is 15.6. The topological polar surface area (TPSA) is 71.8 Å². The number of pyridine rings is 1. The zero-order chi connectivity index (χ0) is 19.7. The van der Waals surface area contributed by atoms with Gasteiger partial charge >= 0.3 is 6.03 Å². The highest BCUT2D eigenvalue weighted by molar-refractivity contribution is 6.35. The molecule has 6 nitrogen and oxygen atoms in total. The molecule has 0 spiro atoms. The van der Waals surface area contributed by atoms with E-state index in [2.05, 4.69) is 34.6 Å². The second-order valence-electron chi connectivity index (χ2n) is 6.73. The van der Waals surface area contributed by atoms with Crippen LogP contribution in [0.5, 0.6) is 0 Å². The van der Waals surface area contributed by atoms with Crippen molar-refractivity contribution in [1.82, 2.24) is 20.1 Å². The standard InChI is InChI=1S/C19H21Cl2N5O/c1-10(2)16-8-15(23-18-17(16)11(3)25-26(18)4)9-22-19(27)24-14-6-12(20)5-13(21)7-14/h5-8,10H,9H2,1-4H3,(H2,22,24,27). The number of rotatable bonds is 4. The Labute approximate surface area is 167 Å². The van der Waals surface area contributed by atoms with Crippen molar-refractivity contribution >= 4 is 46.0 Å². The van der Waals surface area contributed by atoms with Crippen LogP contribution in [-0.4, -0.2) is 20.8 Å². The normalized spacial score (nSPS) is 11.2. The number of hydrogen-bond acceptors (Lipinski definition) is 3. The third-order valence-corrected chi connectivity index (χ3v) is 4.66. The summed E-state index contributed by atoms with van der Waals surface area (Å²) < 4.78 is 1.77. The molecule has 2 N–H and O–H groups in total. The summed E-state index contributed by atoms with van der Waals surface area (Å²) in [6, 6.07) is 6.54. The molecule has 0 aliphatic carbocycles. The average molecular weight is 406 g/mol. The van der Waals surface area contributed by atoms with Gasteiger partial charge in [-0.3, -0.25) is 4.68 Å². The van der Waals surface area contributed by atoms with Crippen molar-refractivity contribution in [2.24, 2.45) is 7.05 Å². The maximum absolute atomic E-state index is 12.2. The molecule has 1 aromatic carbocycles. The lowest BCUT2D eigenvalue weighted by Crippen LogP contribution is -2.28. The number of anilines is 1. The zero-order valence-corrected chi connectivity index (χ0v) is 17.1. The molecule has 3 aromatic rings. The molecule has 142 valence electrons. The fraction of sp³-hybridized carbons (Fsp3) is 0.316. The van der Waals surface area contributed by atoms with Crippen LogP contribution in [0.25, 0.3) is 11.0 Å². The number of aromatic nitrogens is 3.